The number of aryl methyl sites for hydroxylation is 2. The molecule has 2 amide bonds. The van der Waals surface area contributed by atoms with Gasteiger partial charge in [0.15, 0.2) is 0 Å². The minimum absolute atomic E-state index is 0.0822. The molecule has 0 spiro atoms. The predicted molar refractivity (Wildman–Crippen MR) is 114 cm³/mol. The molecular formula is C23H29ClN2O2. The van der Waals surface area contributed by atoms with Gasteiger partial charge in [-0.2, -0.15) is 0 Å². The van der Waals surface area contributed by atoms with Crippen molar-refractivity contribution in [1.82, 2.24) is 10.2 Å². The summed E-state index contributed by atoms with van der Waals surface area (Å²) in [6.45, 7) is 8.71. The zero-order valence-electron chi connectivity index (χ0n) is 17.1. The third-order valence-corrected chi connectivity index (χ3v) is 5.33. The molecular weight excluding hydrogens is 372 g/mol. The van der Waals surface area contributed by atoms with Crippen molar-refractivity contribution >= 4 is 23.4 Å². The van der Waals surface area contributed by atoms with Crippen LogP contribution in [0.3, 0.4) is 0 Å². The average Bonchev–Trinajstić information content (AvgIpc) is 2.66. The normalized spacial score (nSPS) is 11.8. The molecule has 0 fully saturated rings. The van der Waals surface area contributed by atoms with Crippen LogP contribution in [0, 0.1) is 13.8 Å². The Labute approximate surface area is 172 Å². The van der Waals surface area contributed by atoms with Crippen LogP contribution in [0.25, 0.3) is 0 Å². The number of nitrogens with zero attached hydrogens (tertiary/aromatic N) is 1. The van der Waals surface area contributed by atoms with Crippen molar-refractivity contribution in [3.63, 3.8) is 0 Å². The molecule has 1 atom stereocenters. The molecule has 0 aromatic heterocycles. The summed E-state index contributed by atoms with van der Waals surface area (Å²) in [7, 11) is 0. The highest BCUT2D eigenvalue weighted by Crippen LogP contribution is 2.21. The lowest BCUT2D eigenvalue weighted by atomic mass is 10.0. The SMILES string of the molecule is CCNC(=O)[C@@H](CC)N(Cc1ccccc1Cl)C(=O)Cc1ccc(C)c(C)c1. The molecule has 0 aliphatic heterocycles. The molecule has 5 heteroatoms. The molecule has 0 saturated carbocycles. The molecule has 2 aromatic carbocycles. The average molecular weight is 401 g/mol. The van der Waals surface area contributed by atoms with Gasteiger partial charge in [-0.3, -0.25) is 9.59 Å². The molecule has 28 heavy (non-hydrogen) atoms. The van der Waals surface area contributed by atoms with Gasteiger partial charge in [-0.15, -0.1) is 0 Å². The number of halogens is 1. The minimum Gasteiger partial charge on any atom is -0.355 e. The van der Waals surface area contributed by atoms with Gasteiger partial charge in [0.2, 0.25) is 11.8 Å². The molecule has 0 unspecified atom stereocenters. The van der Waals surface area contributed by atoms with Gasteiger partial charge in [0.25, 0.3) is 0 Å². The van der Waals surface area contributed by atoms with E-state index in [0.717, 1.165) is 16.7 Å². The minimum atomic E-state index is -0.532. The van der Waals surface area contributed by atoms with Crippen LogP contribution in [0.5, 0.6) is 0 Å². The molecule has 0 aliphatic carbocycles. The first-order chi connectivity index (χ1) is 13.4. The van der Waals surface area contributed by atoms with Crippen molar-refractivity contribution in [3.8, 4) is 0 Å². The van der Waals surface area contributed by atoms with E-state index in [2.05, 4.69) is 5.32 Å². The van der Waals surface area contributed by atoms with E-state index >= 15 is 0 Å². The molecule has 0 bridgehead atoms. The molecule has 2 aromatic rings. The fourth-order valence-corrected chi connectivity index (χ4v) is 3.41. The zero-order chi connectivity index (χ0) is 20.7. The molecule has 0 aliphatic rings. The molecule has 0 radical (unpaired) electrons. The lowest BCUT2D eigenvalue weighted by molar-refractivity contribution is -0.140. The third kappa shape index (κ3) is 5.59. The van der Waals surface area contributed by atoms with Crippen LogP contribution in [-0.4, -0.2) is 29.3 Å². The number of amides is 2. The number of likely N-dealkylation sites (N-methyl/N-ethyl adjacent to an activating group) is 1. The Bertz CT molecular complexity index is 835. The second-order valence-corrected chi connectivity index (χ2v) is 7.43. The number of hydrogen-bond donors (Lipinski definition) is 1. The first kappa shape index (κ1) is 22.0. The molecule has 0 heterocycles. The van der Waals surface area contributed by atoms with Crippen molar-refractivity contribution < 1.29 is 9.59 Å². The summed E-state index contributed by atoms with van der Waals surface area (Å²) in [4.78, 5) is 27.5. The highest BCUT2D eigenvalue weighted by Gasteiger charge is 2.28. The van der Waals surface area contributed by atoms with Crippen LogP contribution >= 0.6 is 11.6 Å². The molecule has 1 N–H and O–H groups in total. The fraction of sp³-hybridized carbons (Fsp3) is 0.391. The predicted octanol–water partition coefficient (Wildman–Crippen LogP) is 4.44. The van der Waals surface area contributed by atoms with Gasteiger partial charge in [-0.05, 0) is 55.5 Å². The van der Waals surface area contributed by atoms with Crippen molar-refractivity contribution in [1.29, 1.82) is 0 Å². The number of carbonyl (C=O) groups excluding carboxylic acids is 2. The first-order valence-electron chi connectivity index (χ1n) is 9.74. The van der Waals surface area contributed by atoms with Crippen LogP contribution < -0.4 is 5.32 Å². The standard InChI is InChI=1S/C23H29ClN2O2/c1-5-21(23(28)25-6-2)26(15-19-9-7-8-10-20(19)24)22(27)14-18-12-11-16(3)17(4)13-18/h7-13,21H,5-6,14-15H2,1-4H3,(H,25,28)/t21-/m1/s1. The van der Waals surface area contributed by atoms with Gasteiger partial charge in [0.1, 0.15) is 6.04 Å². The van der Waals surface area contributed by atoms with Crippen molar-refractivity contribution in [2.45, 2.75) is 53.1 Å². The number of nitrogens with one attached hydrogen (secondary N) is 1. The maximum atomic E-state index is 13.2. The van der Waals surface area contributed by atoms with E-state index in [-0.39, 0.29) is 18.2 Å². The van der Waals surface area contributed by atoms with Crippen LogP contribution in [0.4, 0.5) is 0 Å². The van der Waals surface area contributed by atoms with Crippen molar-refractivity contribution in [2.75, 3.05) is 6.54 Å². The Balaban J connectivity index is 2.32. The van der Waals surface area contributed by atoms with E-state index < -0.39 is 6.04 Å². The monoisotopic (exact) mass is 400 g/mol. The van der Waals surface area contributed by atoms with Gasteiger partial charge in [0.05, 0.1) is 6.42 Å². The smallest absolute Gasteiger partial charge is 0.242 e. The van der Waals surface area contributed by atoms with E-state index in [0.29, 0.717) is 24.5 Å². The second kappa shape index (κ2) is 10.3. The van der Waals surface area contributed by atoms with Gasteiger partial charge in [-0.1, -0.05) is 54.9 Å². The summed E-state index contributed by atoms with van der Waals surface area (Å²) in [5.41, 5.74) is 4.12. The molecule has 4 nitrogen and oxygen atoms in total. The first-order valence-corrected chi connectivity index (χ1v) is 10.1. The van der Waals surface area contributed by atoms with Gasteiger partial charge in [-0.25, -0.2) is 0 Å². The van der Waals surface area contributed by atoms with E-state index in [1.54, 1.807) is 11.0 Å². The van der Waals surface area contributed by atoms with E-state index in [1.165, 1.54) is 5.56 Å². The number of hydrogen-bond acceptors (Lipinski definition) is 2. The fourth-order valence-electron chi connectivity index (χ4n) is 3.21. The van der Waals surface area contributed by atoms with Crippen LogP contribution in [0.2, 0.25) is 5.02 Å². The zero-order valence-corrected chi connectivity index (χ0v) is 17.8. The lowest BCUT2D eigenvalue weighted by Crippen LogP contribution is -2.49. The van der Waals surface area contributed by atoms with Gasteiger partial charge in [0, 0.05) is 18.1 Å². The van der Waals surface area contributed by atoms with Gasteiger partial charge < -0.3 is 10.2 Å². The largest absolute Gasteiger partial charge is 0.355 e. The molecule has 2 rings (SSSR count). The number of rotatable bonds is 8. The number of benzene rings is 2. The molecule has 150 valence electrons. The van der Waals surface area contributed by atoms with E-state index in [9.17, 15) is 9.59 Å². The summed E-state index contributed by atoms with van der Waals surface area (Å²) in [5, 5.41) is 3.44. The third-order valence-electron chi connectivity index (χ3n) is 4.96. The summed E-state index contributed by atoms with van der Waals surface area (Å²) in [6, 6.07) is 12.9. The maximum absolute atomic E-state index is 13.2. The van der Waals surface area contributed by atoms with E-state index in [4.69, 9.17) is 11.6 Å². The van der Waals surface area contributed by atoms with Gasteiger partial charge >= 0.3 is 0 Å². The van der Waals surface area contributed by atoms with Crippen LogP contribution in [-0.2, 0) is 22.6 Å². The van der Waals surface area contributed by atoms with E-state index in [1.807, 2.05) is 64.1 Å². The Morgan fingerprint density at radius 1 is 1.07 bits per heavy atom. The second-order valence-electron chi connectivity index (χ2n) is 7.03. The highest BCUT2D eigenvalue weighted by atomic mass is 35.5. The summed E-state index contributed by atoms with van der Waals surface area (Å²) < 4.78 is 0. The lowest BCUT2D eigenvalue weighted by Gasteiger charge is -2.31. The van der Waals surface area contributed by atoms with Crippen molar-refractivity contribution in [2.24, 2.45) is 0 Å². The summed E-state index contributed by atoms with van der Waals surface area (Å²) >= 11 is 6.32. The topological polar surface area (TPSA) is 49.4 Å². The Morgan fingerprint density at radius 2 is 1.79 bits per heavy atom. The maximum Gasteiger partial charge on any atom is 0.242 e. The highest BCUT2D eigenvalue weighted by molar-refractivity contribution is 6.31. The Kier molecular flexibility index (Phi) is 8.06. The Morgan fingerprint density at radius 3 is 2.39 bits per heavy atom. The van der Waals surface area contributed by atoms with Crippen LogP contribution in [0.15, 0.2) is 42.5 Å². The quantitative estimate of drug-likeness (QED) is 0.711. The summed E-state index contributed by atoms with van der Waals surface area (Å²) in [5.74, 6) is -0.216. The Hall–Kier alpha value is -2.33. The van der Waals surface area contributed by atoms with Crippen LogP contribution in [0.1, 0.15) is 42.5 Å². The molecule has 0 saturated heterocycles. The summed E-state index contributed by atoms with van der Waals surface area (Å²) in [6.07, 6.45) is 0.788. The van der Waals surface area contributed by atoms with Crippen molar-refractivity contribution in [3.05, 3.63) is 69.7 Å². The number of carbonyl (C=O) groups is 2.